The number of hydrogen-bond acceptors (Lipinski definition) is 4. The highest BCUT2D eigenvalue weighted by Crippen LogP contribution is 2.19. The van der Waals surface area contributed by atoms with Crippen molar-refractivity contribution in [2.24, 2.45) is 5.73 Å². The number of aryl methyl sites for hydroxylation is 2. The number of halogens is 2. The number of nitrogens with zero attached hydrogens (tertiary/aromatic N) is 2. The first-order chi connectivity index (χ1) is 13.5. The summed E-state index contributed by atoms with van der Waals surface area (Å²) in [7, 11) is 0. The first kappa shape index (κ1) is 25.9. The molecule has 1 heterocycles. The van der Waals surface area contributed by atoms with E-state index < -0.39 is 6.04 Å². The quantitative estimate of drug-likeness (QED) is 0.730. The fraction of sp³-hybridized carbons (Fsp3) is 0.364. The Bertz CT molecular complexity index is 820. The molecule has 1 saturated heterocycles. The second kappa shape index (κ2) is 11.9. The summed E-state index contributed by atoms with van der Waals surface area (Å²) < 4.78 is 0. The maximum atomic E-state index is 12.6. The van der Waals surface area contributed by atoms with Crippen molar-refractivity contribution in [1.29, 1.82) is 0 Å². The molecule has 0 spiro atoms. The molecule has 1 fully saturated rings. The Morgan fingerprint density at radius 3 is 2.07 bits per heavy atom. The highest BCUT2D eigenvalue weighted by atomic mass is 35.5. The molecule has 2 aromatic rings. The topological polar surface area (TPSA) is 78.7 Å². The lowest BCUT2D eigenvalue weighted by Crippen LogP contribution is -2.52. The van der Waals surface area contributed by atoms with E-state index in [2.05, 4.69) is 10.2 Å². The molecule has 8 heteroatoms. The Balaban J connectivity index is 0.00000225. The minimum Gasteiger partial charge on any atom is -0.338 e. The molecular weight excluding hydrogens is 423 g/mol. The lowest BCUT2D eigenvalue weighted by Gasteiger charge is -2.35. The van der Waals surface area contributed by atoms with Gasteiger partial charge in [-0.2, -0.15) is 0 Å². The number of amides is 2. The molecule has 6 nitrogen and oxygen atoms in total. The Kier molecular flexibility index (Phi) is 10.3. The van der Waals surface area contributed by atoms with Crippen molar-refractivity contribution in [1.82, 2.24) is 9.80 Å². The number of carbonyl (C=O) groups excluding carboxylic acids is 2. The second-order valence-electron chi connectivity index (χ2n) is 7.30. The summed E-state index contributed by atoms with van der Waals surface area (Å²) >= 11 is 0. The summed E-state index contributed by atoms with van der Waals surface area (Å²) in [6, 6.07) is 14.7. The SMILES string of the molecule is Cc1cccc(C)c1NC(=O)CN1CCN(C(=O)C(N)c2ccccc2)CC1.Cl.Cl. The molecule has 0 saturated carbocycles. The zero-order chi connectivity index (χ0) is 20.1. The summed E-state index contributed by atoms with van der Waals surface area (Å²) in [6.07, 6.45) is 0. The molecule has 0 aromatic heterocycles. The van der Waals surface area contributed by atoms with E-state index >= 15 is 0 Å². The molecule has 164 valence electrons. The van der Waals surface area contributed by atoms with Crippen LogP contribution in [0.5, 0.6) is 0 Å². The van der Waals surface area contributed by atoms with Crippen LogP contribution in [0.1, 0.15) is 22.7 Å². The largest absolute Gasteiger partial charge is 0.338 e. The Morgan fingerprint density at radius 2 is 1.50 bits per heavy atom. The van der Waals surface area contributed by atoms with Crippen LogP contribution in [0.3, 0.4) is 0 Å². The van der Waals surface area contributed by atoms with E-state index in [-0.39, 0.29) is 36.6 Å². The van der Waals surface area contributed by atoms with Crippen LogP contribution in [0.15, 0.2) is 48.5 Å². The fourth-order valence-electron chi connectivity index (χ4n) is 3.52. The molecule has 1 atom stereocenters. The Labute approximate surface area is 190 Å². The number of carbonyl (C=O) groups is 2. The Hall–Kier alpha value is -2.12. The third kappa shape index (κ3) is 6.44. The van der Waals surface area contributed by atoms with Crippen molar-refractivity contribution in [3.63, 3.8) is 0 Å². The molecule has 1 aliphatic heterocycles. The average Bonchev–Trinajstić information content (AvgIpc) is 2.71. The first-order valence-corrected chi connectivity index (χ1v) is 9.63. The number of rotatable bonds is 5. The van der Waals surface area contributed by atoms with Gasteiger partial charge in [0.2, 0.25) is 11.8 Å². The van der Waals surface area contributed by atoms with Crippen LogP contribution < -0.4 is 11.1 Å². The summed E-state index contributed by atoms with van der Waals surface area (Å²) in [4.78, 5) is 28.9. The second-order valence-corrected chi connectivity index (χ2v) is 7.30. The standard InChI is InChI=1S/C22H28N4O2.2ClH/c1-16-7-6-8-17(2)21(16)24-19(27)15-25-11-13-26(14-12-25)22(28)20(23)18-9-4-3-5-10-18;;/h3-10,20H,11-15,23H2,1-2H3,(H,24,27);2*1H. The van der Waals surface area contributed by atoms with Gasteiger partial charge in [-0.3, -0.25) is 14.5 Å². The summed E-state index contributed by atoms with van der Waals surface area (Å²) in [5, 5.41) is 3.02. The van der Waals surface area contributed by atoms with Crippen LogP contribution in [0.25, 0.3) is 0 Å². The normalized spacial score (nSPS) is 14.8. The molecule has 0 bridgehead atoms. The van der Waals surface area contributed by atoms with Crippen molar-refractivity contribution < 1.29 is 9.59 Å². The molecular formula is C22H30Cl2N4O2. The molecule has 0 aliphatic carbocycles. The van der Waals surface area contributed by atoms with E-state index in [0.717, 1.165) is 22.4 Å². The number of piperazine rings is 1. The lowest BCUT2D eigenvalue weighted by atomic mass is 10.1. The van der Waals surface area contributed by atoms with Crippen LogP contribution in [0.2, 0.25) is 0 Å². The molecule has 3 rings (SSSR count). The van der Waals surface area contributed by atoms with Gasteiger partial charge >= 0.3 is 0 Å². The van der Waals surface area contributed by atoms with Gasteiger partial charge in [0.15, 0.2) is 0 Å². The molecule has 2 aromatic carbocycles. The van der Waals surface area contributed by atoms with E-state index in [9.17, 15) is 9.59 Å². The number of nitrogens with one attached hydrogen (secondary N) is 1. The minimum atomic E-state index is -0.639. The molecule has 1 unspecified atom stereocenters. The zero-order valence-corrected chi connectivity index (χ0v) is 19.0. The number of anilines is 1. The van der Waals surface area contributed by atoms with Crippen molar-refractivity contribution in [2.45, 2.75) is 19.9 Å². The van der Waals surface area contributed by atoms with E-state index in [1.54, 1.807) is 4.90 Å². The molecule has 0 radical (unpaired) electrons. The zero-order valence-electron chi connectivity index (χ0n) is 17.3. The van der Waals surface area contributed by atoms with Crippen LogP contribution in [-0.2, 0) is 9.59 Å². The summed E-state index contributed by atoms with van der Waals surface area (Å²) in [6.45, 7) is 6.78. The van der Waals surface area contributed by atoms with Crippen LogP contribution in [0, 0.1) is 13.8 Å². The van der Waals surface area contributed by atoms with Crippen molar-refractivity contribution in [2.75, 3.05) is 38.0 Å². The molecule has 1 aliphatic rings. The van der Waals surface area contributed by atoms with Gasteiger partial charge in [-0.15, -0.1) is 24.8 Å². The monoisotopic (exact) mass is 452 g/mol. The first-order valence-electron chi connectivity index (χ1n) is 9.63. The van der Waals surface area contributed by atoms with E-state index in [0.29, 0.717) is 32.7 Å². The summed E-state index contributed by atoms with van der Waals surface area (Å²) in [5.74, 6) is -0.0935. The van der Waals surface area contributed by atoms with E-state index in [1.165, 1.54) is 0 Å². The van der Waals surface area contributed by atoms with Crippen molar-refractivity contribution in [3.8, 4) is 0 Å². The van der Waals surface area contributed by atoms with Gasteiger partial charge in [-0.1, -0.05) is 48.5 Å². The fourth-order valence-corrected chi connectivity index (χ4v) is 3.52. The molecule has 3 N–H and O–H groups in total. The Morgan fingerprint density at radius 1 is 0.933 bits per heavy atom. The van der Waals surface area contributed by atoms with Gasteiger partial charge < -0.3 is 16.0 Å². The predicted octanol–water partition coefficient (Wildman–Crippen LogP) is 2.93. The minimum absolute atomic E-state index is 0. The third-order valence-corrected chi connectivity index (χ3v) is 5.22. The number of hydrogen-bond donors (Lipinski definition) is 2. The van der Waals surface area contributed by atoms with Gasteiger partial charge in [0.1, 0.15) is 6.04 Å². The maximum absolute atomic E-state index is 12.6. The number of nitrogens with two attached hydrogens (primary N) is 1. The highest BCUT2D eigenvalue weighted by molar-refractivity contribution is 5.93. The van der Waals surface area contributed by atoms with Gasteiger partial charge in [0, 0.05) is 31.9 Å². The highest BCUT2D eigenvalue weighted by Gasteiger charge is 2.26. The van der Waals surface area contributed by atoms with Gasteiger partial charge in [0.05, 0.1) is 6.54 Å². The average molecular weight is 453 g/mol. The van der Waals surface area contributed by atoms with Crippen LogP contribution in [-0.4, -0.2) is 54.3 Å². The molecule has 30 heavy (non-hydrogen) atoms. The van der Waals surface area contributed by atoms with Gasteiger partial charge in [-0.25, -0.2) is 0 Å². The summed E-state index contributed by atoms with van der Waals surface area (Å²) in [5.41, 5.74) is 9.95. The lowest BCUT2D eigenvalue weighted by molar-refractivity contribution is -0.134. The van der Waals surface area contributed by atoms with Crippen molar-refractivity contribution in [3.05, 3.63) is 65.2 Å². The van der Waals surface area contributed by atoms with Gasteiger partial charge in [-0.05, 0) is 30.5 Å². The third-order valence-electron chi connectivity index (χ3n) is 5.22. The predicted molar refractivity (Wildman–Crippen MR) is 125 cm³/mol. The number of benzene rings is 2. The van der Waals surface area contributed by atoms with Crippen LogP contribution >= 0.6 is 24.8 Å². The van der Waals surface area contributed by atoms with E-state index in [1.807, 2.05) is 62.4 Å². The van der Waals surface area contributed by atoms with Crippen LogP contribution in [0.4, 0.5) is 5.69 Å². The van der Waals surface area contributed by atoms with Crippen molar-refractivity contribution >= 4 is 42.3 Å². The number of para-hydroxylation sites is 1. The molecule has 2 amide bonds. The van der Waals surface area contributed by atoms with E-state index in [4.69, 9.17) is 5.73 Å². The maximum Gasteiger partial charge on any atom is 0.244 e. The smallest absolute Gasteiger partial charge is 0.244 e. The van der Waals surface area contributed by atoms with Gasteiger partial charge in [0.25, 0.3) is 0 Å².